The average molecular weight is 326 g/mol. The summed E-state index contributed by atoms with van der Waals surface area (Å²) in [4.78, 5) is 22.1. The van der Waals surface area contributed by atoms with E-state index in [1.165, 1.54) is 0 Å². The second-order valence-corrected chi connectivity index (χ2v) is 6.41. The number of nitrogens with one attached hydrogen (secondary N) is 2. The van der Waals surface area contributed by atoms with Gasteiger partial charge in [-0.05, 0) is 37.4 Å². The third-order valence-electron chi connectivity index (χ3n) is 3.21. The zero-order valence-electron chi connectivity index (χ0n) is 13.0. The van der Waals surface area contributed by atoms with Gasteiger partial charge >= 0.3 is 0 Å². The van der Waals surface area contributed by atoms with Crippen LogP contribution in [0.4, 0.5) is 5.82 Å². The molecule has 0 aliphatic rings. The zero-order valence-corrected chi connectivity index (χ0v) is 13.9. The van der Waals surface area contributed by atoms with Crippen molar-refractivity contribution in [2.24, 2.45) is 0 Å². The summed E-state index contributed by atoms with van der Waals surface area (Å²) in [6.07, 6.45) is 0. The first-order valence-corrected chi connectivity index (χ1v) is 8.35. The maximum atomic E-state index is 11.9. The number of thiophene rings is 1. The highest BCUT2D eigenvalue weighted by Gasteiger charge is 2.11. The SMILES string of the molecule is CC(C)NC(=O)CNc1nc(-c2cccs2)nc2ccccc12. The lowest BCUT2D eigenvalue weighted by molar-refractivity contribution is -0.119. The van der Waals surface area contributed by atoms with Gasteiger partial charge in [0.05, 0.1) is 16.9 Å². The van der Waals surface area contributed by atoms with Gasteiger partial charge in [-0.1, -0.05) is 18.2 Å². The molecular weight excluding hydrogens is 308 g/mol. The second kappa shape index (κ2) is 6.75. The van der Waals surface area contributed by atoms with Crippen LogP contribution in [0.1, 0.15) is 13.8 Å². The van der Waals surface area contributed by atoms with Crippen molar-refractivity contribution >= 4 is 34.0 Å². The van der Waals surface area contributed by atoms with E-state index in [1.807, 2.05) is 55.6 Å². The fourth-order valence-electron chi connectivity index (χ4n) is 2.26. The molecule has 0 saturated carbocycles. The molecule has 5 nitrogen and oxygen atoms in total. The summed E-state index contributed by atoms with van der Waals surface area (Å²) in [5, 5.41) is 8.90. The van der Waals surface area contributed by atoms with Gasteiger partial charge in [0.15, 0.2) is 5.82 Å². The molecule has 3 rings (SSSR count). The van der Waals surface area contributed by atoms with Gasteiger partial charge in [0.2, 0.25) is 5.91 Å². The molecule has 0 unspecified atom stereocenters. The number of anilines is 1. The van der Waals surface area contributed by atoms with Gasteiger partial charge in [0.25, 0.3) is 0 Å². The minimum absolute atomic E-state index is 0.0552. The van der Waals surface area contributed by atoms with Gasteiger partial charge in [-0.25, -0.2) is 9.97 Å². The maximum Gasteiger partial charge on any atom is 0.239 e. The van der Waals surface area contributed by atoms with Crippen LogP contribution in [0.5, 0.6) is 0 Å². The molecule has 1 aromatic carbocycles. The molecule has 0 aliphatic heterocycles. The summed E-state index contributed by atoms with van der Waals surface area (Å²) >= 11 is 1.59. The number of aromatic nitrogens is 2. The van der Waals surface area contributed by atoms with E-state index >= 15 is 0 Å². The van der Waals surface area contributed by atoms with E-state index in [-0.39, 0.29) is 18.5 Å². The molecular formula is C17H18N4OS. The van der Waals surface area contributed by atoms with Crippen LogP contribution in [-0.4, -0.2) is 28.5 Å². The number of carbonyl (C=O) groups is 1. The Bertz CT molecular complexity index is 815. The number of benzene rings is 1. The Kier molecular flexibility index (Phi) is 4.52. The van der Waals surface area contributed by atoms with Gasteiger partial charge in [0.1, 0.15) is 5.82 Å². The van der Waals surface area contributed by atoms with E-state index in [0.29, 0.717) is 11.6 Å². The normalized spacial score (nSPS) is 10.9. The lowest BCUT2D eigenvalue weighted by Crippen LogP contribution is -2.35. The number of hydrogen-bond donors (Lipinski definition) is 2. The number of nitrogens with zero attached hydrogens (tertiary/aromatic N) is 2. The Morgan fingerprint density at radius 3 is 2.74 bits per heavy atom. The second-order valence-electron chi connectivity index (χ2n) is 5.47. The highest BCUT2D eigenvalue weighted by Crippen LogP contribution is 2.27. The van der Waals surface area contributed by atoms with Gasteiger partial charge in [-0.15, -0.1) is 11.3 Å². The predicted octanol–water partition coefficient (Wildman–Crippen LogP) is 3.29. The molecule has 2 N–H and O–H groups in total. The molecule has 0 saturated heterocycles. The summed E-state index contributed by atoms with van der Waals surface area (Å²) in [7, 11) is 0. The van der Waals surface area contributed by atoms with E-state index < -0.39 is 0 Å². The zero-order chi connectivity index (χ0) is 16.2. The summed E-state index contributed by atoms with van der Waals surface area (Å²) in [5.74, 6) is 1.30. The Labute approximate surface area is 138 Å². The number of carbonyl (C=O) groups excluding carboxylic acids is 1. The minimum atomic E-state index is -0.0552. The van der Waals surface area contributed by atoms with E-state index in [0.717, 1.165) is 15.8 Å². The number of amides is 1. The summed E-state index contributed by atoms with van der Waals surface area (Å²) < 4.78 is 0. The lowest BCUT2D eigenvalue weighted by Gasteiger charge is -2.12. The largest absolute Gasteiger partial charge is 0.360 e. The average Bonchev–Trinajstić information content (AvgIpc) is 3.06. The molecule has 0 bridgehead atoms. The van der Waals surface area contributed by atoms with Crippen LogP contribution in [0, 0.1) is 0 Å². The standard InChI is InChI=1S/C17H18N4OS/c1-11(2)19-15(22)10-18-16-12-6-3-4-7-13(12)20-17(21-16)14-8-5-9-23-14/h3-9,11H,10H2,1-2H3,(H,19,22)(H,18,20,21). The molecule has 23 heavy (non-hydrogen) atoms. The quantitative estimate of drug-likeness (QED) is 0.755. The molecule has 0 fully saturated rings. The van der Waals surface area contributed by atoms with Crippen molar-refractivity contribution < 1.29 is 4.79 Å². The molecule has 2 aromatic heterocycles. The van der Waals surface area contributed by atoms with Gasteiger partial charge in [0, 0.05) is 11.4 Å². The van der Waals surface area contributed by atoms with Crippen molar-refractivity contribution in [3.8, 4) is 10.7 Å². The molecule has 1 amide bonds. The fourth-order valence-corrected chi connectivity index (χ4v) is 2.92. The Hall–Kier alpha value is -2.47. The van der Waals surface area contributed by atoms with Crippen LogP contribution in [0.15, 0.2) is 41.8 Å². The molecule has 6 heteroatoms. The van der Waals surface area contributed by atoms with Crippen molar-refractivity contribution in [1.29, 1.82) is 0 Å². The van der Waals surface area contributed by atoms with E-state index in [2.05, 4.69) is 20.6 Å². The topological polar surface area (TPSA) is 66.9 Å². The van der Waals surface area contributed by atoms with E-state index in [1.54, 1.807) is 11.3 Å². The van der Waals surface area contributed by atoms with Crippen LogP contribution in [0.25, 0.3) is 21.6 Å². The summed E-state index contributed by atoms with van der Waals surface area (Å²) in [6, 6.07) is 11.9. The van der Waals surface area contributed by atoms with Crippen LogP contribution in [0.2, 0.25) is 0 Å². The number of fused-ring (bicyclic) bond motifs is 1. The highest BCUT2D eigenvalue weighted by molar-refractivity contribution is 7.13. The van der Waals surface area contributed by atoms with Crippen molar-refractivity contribution in [2.75, 3.05) is 11.9 Å². The van der Waals surface area contributed by atoms with Gasteiger partial charge in [-0.3, -0.25) is 4.79 Å². The van der Waals surface area contributed by atoms with Crippen LogP contribution >= 0.6 is 11.3 Å². The molecule has 0 atom stereocenters. The molecule has 0 aliphatic carbocycles. The highest BCUT2D eigenvalue weighted by atomic mass is 32.1. The number of rotatable bonds is 5. The number of para-hydroxylation sites is 1. The van der Waals surface area contributed by atoms with Crippen molar-refractivity contribution in [2.45, 2.75) is 19.9 Å². The Morgan fingerprint density at radius 2 is 2.00 bits per heavy atom. The monoisotopic (exact) mass is 326 g/mol. The molecule has 118 valence electrons. The van der Waals surface area contributed by atoms with Crippen molar-refractivity contribution in [3.05, 3.63) is 41.8 Å². The first-order valence-electron chi connectivity index (χ1n) is 7.47. The van der Waals surface area contributed by atoms with Gasteiger partial charge in [-0.2, -0.15) is 0 Å². The first kappa shape index (κ1) is 15.4. The van der Waals surface area contributed by atoms with Crippen LogP contribution in [-0.2, 0) is 4.79 Å². The molecule has 0 radical (unpaired) electrons. The third kappa shape index (κ3) is 3.65. The Balaban J connectivity index is 1.93. The summed E-state index contributed by atoms with van der Waals surface area (Å²) in [5.41, 5.74) is 0.859. The summed E-state index contributed by atoms with van der Waals surface area (Å²) in [6.45, 7) is 4.06. The third-order valence-corrected chi connectivity index (χ3v) is 4.08. The fraction of sp³-hybridized carbons (Fsp3) is 0.235. The molecule has 2 heterocycles. The lowest BCUT2D eigenvalue weighted by atomic mass is 10.2. The van der Waals surface area contributed by atoms with E-state index in [9.17, 15) is 4.79 Å². The Morgan fingerprint density at radius 1 is 1.17 bits per heavy atom. The van der Waals surface area contributed by atoms with Crippen LogP contribution < -0.4 is 10.6 Å². The number of hydrogen-bond acceptors (Lipinski definition) is 5. The predicted molar refractivity (Wildman–Crippen MR) is 94.6 cm³/mol. The first-order chi connectivity index (χ1) is 11.1. The van der Waals surface area contributed by atoms with Crippen molar-refractivity contribution in [1.82, 2.24) is 15.3 Å². The smallest absolute Gasteiger partial charge is 0.239 e. The van der Waals surface area contributed by atoms with Gasteiger partial charge < -0.3 is 10.6 Å². The molecule has 3 aromatic rings. The minimum Gasteiger partial charge on any atom is -0.360 e. The molecule has 0 spiro atoms. The van der Waals surface area contributed by atoms with Crippen molar-refractivity contribution in [3.63, 3.8) is 0 Å². The van der Waals surface area contributed by atoms with E-state index in [4.69, 9.17) is 0 Å². The van der Waals surface area contributed by atoms with Crippen LogP contribution in [0.3, 0.4) is 0 Å². The maximum absolute atomic E-state index is 11.9.